The summed E-state index contributed by atoms with van der Waals surface area (Å²) in [6.45, 7) is 0. The molecule has 4 heteroatoms. The molecule has 1 aromatic carbocycles. The zero-order chi connectivity index (χ0) is 7.56. The van der Waals surface area contributed by atoms with Gasteiger partial charge in [-0.3, -0.25) is 8.63 Å². The Morgan fingerprint density at radius 2 is 1.60 bits per heavy atom. The van der Waals surface area contributed by atoms with Gasteiger partial charge in [0.1, 0.15) is 0 Å². The molecule has 0 saturated heterocycles. The van der Waals surface area contributed by atoms with Crippen molar-refractivity contribution in [1.82, 2.24) is 0 Å². The molecule has 1 aromatic rings. The molecule has 0 unspecified atom stereocenters. The van der Waals surface area contributed by atoms with Crippen molar-refractivity contribution < 1.29 is 8.63 Å². The van der Waals surface area contributed by atoms with Crippen LogP contribution >= 0.6 is 11.6 Å². The lowest BCUT2D eigenvalue weighted by molar-refractivity contribution is 0.685. The summed E-state index contributed by atoms with van der Waals surface area (Å²) >= 11 is 5.47. The molecule has 0 saturated carbocycles. The highest BCUT2D eigenvalue weighted by Crippen LogP contribution is 2.04. The molecule has 0 radical (unpaired) electrons. The SMILES string of the molecule is FB(F)c1ccc(Cl)cc1. The summed E-state index contributed by atoms with van der Waals surface area (Å²) in [5.41, 5.74) is 0.00407. The number of benzene rings is 1. The molecule has 52 valence electrons. The summed E-state index contributed by atoms with van der Waals surface area (Å²) in [4.78, 5) is 0. The summed E-state index contributed by atoms with van der Waals surface area (Å²) in [6, 6.07) is 5.52. The van der Waals surface area contributed by atoms with Gasteiger partial charge in [0.05, 0.1) is 0 Å². The normalized spacial score (nSPS) is 9.50. The summed E-state index contributed by atoms with van der Waals surface area (Å²) in [5, 5.41) is 0.476. The number of rotatable bonds is 1. The minimum absolute atomic E-state index is 0.00407. The van der Waals surface area contributed by atoms with Crippen molar-refractivity contribution in [2.45, 2.75) is 0 Å². The van der Waals surface area contributed by atoms with Gasteiger partial charge in [0, 0.05) is 5.02 Å². The molecule has 0 N–H and O–H groups in total. The van der Waals surface area contributed by atoms with Crippen LogP contribution in [0.2, 0.25) is 5.02 Å². The van der Waals surface area contributed by atoms with Gasteiger partial charge < -0.3 is 0 Å². The second kappa shape index (κ2) is 3.02. The van der Waals surface area contributed by atoms with E-state index < -0.39 is 7.27 Å². The molecule has 0 fully saturated rings. The van der Waals surface area contributed by atoms with Crippen LogP contribution in [0.3, 0.4) is 0 Å². The molecule has 0 aliphatic carbocycles. The fourth-order valence-electron chi connectivity index (χ4n) is 0.608. The third-order valence-electron chi connectivity index (χ3n) is 1.12. The Kier molecular flexibility index (Phi) is 2.27. The largest absolute Gasteiger partial charge is 0.571 e. The molecule has 0 amide bonds. The van der Waals surface area contributed by atoms with Gasteiger partial charge in [0.2, 0.25) is 0 Å². The predicted octanol–water partition coefficient (Wildman–Crippen LogP) is 1.97. The highest BCUT2D eigenvalue weighted by atomic mass is 35.5. The fourth-order valence-corrected chi connectivity index (χ4v) is 0.734. The van der Waals surface area contributed by atoms with Gasteiger partial charge >= 0.3 is 7.27 Å². The van der Waals surface area contributed by atoms with Gasteiger partial charge in [-0.1, -0.05) is 23.7 Å². The lowest BCUT2D eigenvalue weighted by atomic mass is 9.86. The quantitative estimate of drug-likeness (QED) is 0.551. The smallest absolute Gasteiger partial charge is 0.281 e. The van der Waals surface area contributed by atoms with Gasteiger partial charge in [-0.25, -0.2) is 0 Å². The van der Waals surface area contributed by atoms with E-state index in [-0.39, 0.29) is 5.46 Å². The van der Waals surface area contributed by atoms with Crippen molar-refractivity contribution >= 4 is 24.3 Å². The Morgan fingerprint density at radius 1 is 1.10 bits per heavy atom. The lowest BCUT2D eigenvalue weighted by Crippen LogP contribution is -2.19. The molecular weight excluding hydrogens is 156 g/mol. The Morgan fingerprint density at radius 3 is 2.00 bits per heavy atom. The van der Waals surface area contributed by atoms with Crippen LogP contribution in [0.5, 0.6) is 0 Å². The van der Waals surface area contributed by atoms with Crippen molar-refractivity contribution in [3.63, 3.8) is 0 Å². The van der Waals surface area contributed by atoms with E-state index in [1.165, 1.54) is 24.3 Å². The Balaban J connectivity index is 2.89. The van der Waals surface area contributed by atoms with E-state index in [1.54, 1.807) is 0 Å². The van der Waals surface area contributed by atoms with Crippen molar-refractivity contribution in [3.8, 4) is 0 Å². The molecule has 0 bridgehead atoms. The van der Waals surface area contributed by atoms with E-state index in [0.717, 1.165) is 0 Å². The van der Waals surface area contributed by atoms with E-state index in [0.29, 0.717) is 5.02 Å². The second-order valence-corrected chi connectivity index (χ2v) is 2.29. The molecule has 0 aromatic heterocycles. The van der Waals surface area contributed by atoms with E-state index in [2.05, 4.69) is 0 Å². The van der Waals surface area contributed by atoms with Crippen LogP contribution in [0.15, 0.2) is 24.3 Å². The van der Waals surface area contributed by atoms with Crippen LogP contribution in [-0.4, -0.2) is 7.27 Å². The first-order valence-electron chi connectivity index (χ1n) is 2.74. The Bertz CT molecular complexity index is 209. The zero-order valence-electron chi connectivity index (χ0n) is 5.02. The second-order valence-electron chi connectivity index (χ2n) is 1.85. The molecule has 0 aliphatic rings. The molecule has 0 aliphatic heterocycles. The van der Waals surface area contributed by atoms with Crippen LogP contribution in [0.25, 0.3) is 0 Å². The highest BCUT2D eigenvalue weighted by molar-refractivity contribution is 6.60. The van der Waals surface area contributed by atoms with Crippen molar-refractivity contribution in [1.29, 1.82) is 0 Å². The summed E-state index contributed by atoms with van der Waals surface area (Å²) < 4.78 is 23.7. The first-order valence-corrected chi connectivity index (χ1v) is 3.11. The average Bonchev–Trinajstić information content (AvgIpc) is 1.88. The molecule has 0 heterocycles. The monoisotopic (exact) mass is 160 g/mol. The predicted molar refractivity (Wildman–Crippen MR) is 39.1 cm³/mol. The third kappa shape index (κ3) is 1.71. The minimum Gasteiger partial charge on any atom is -0.281 e. The van der Waals surface area contributed by atoms with E-state index in [4.69, 9.17) is 11.6 Å². The first kappa shape index (κ1) is 7.54. The average molecular weight is 160 g/mol. The number of hydrogen-bond donors (Lipinski definition) is 0. The first-order chi connectivity index (χ1) is 4.70. The summed E-state index contributed by atoms with van der Waals surface area (Å²) in [7, 11) is -2.41. The molecule has 1 rings (SSSR count). The lowest BCUT2D eigenvalue weighted by Gasteiger charge is -1.93. The van der Waals surface area contributed by atoms with Crippen LogP contribution in [0.4, 0.5) is 8.63 Å². The Hall–Kier alpha value is -0.565. The van der Waals surface area contributed by atoms with Crippen LogP contribution < -0.4 is 5.46 Å². The van der Waals surface area contributed by atoms with Crippen molar-refractivity contribution in [3.05, 3.63) is 29.3 Å². The zero-order valence-corrected chi connectivity index (χ0v) is 5.78. The van der Waals surface area contributed by atoms with E-state index in [1.807, 2.05) is 0 Å². The number of hydrogen-bond acceptors (Lipinski definition) is 0. The molecule has 0 atom stereocenters. The van der Waals surface area contributed by atoms with Gasteiger partial charge in [0.25, 0.3) is 0 Å². The van der Waals surface area contributed by atoms with Gasteiger partial charge in [0.15, 0.2) is 0 Å². The maximum atomic E-state index is 11.9. The van der Waals surface area contributed by atoms with Crippen molar-refractivity contribution in [2.24, 2.45) is 0 Å². The topological polar surface area (TPSA) is 0 Å². The maximum Gasteiger partial charge on any atom is 0.571 e. The van der Waals surface area contributed by atoms with Gasteiger partial charge in [-0.05, 0) is 17.6 Å². The maximum absolute atomic E-state index is 11.9. The highest BCUT2D eigenvalue weighted by Gasteiger charge is 2.14. The van der Waals surface area contributed by atoms with Gasteiger partial charge in [-0.15, -0.1) is 0 Å². The van der Waals surface area contributed by atoms with Crippen LogP contribution in [-0.2, 0) is 0 Å². The summed E-state index contributed by atoms with van der Waals surface area (Å²) in [5.74, 6) is 0. The standard InChI is InChI=1S/C6H4BClF2/c8-6-3-1-5(2-4-6)7(9)10/h1-4H. The fraction of sp³-hybridized carbons (Fsp3) is 0. The van der Waals surface area contributed by atoms with Gasteiger partial charge in [-0.2, -0.15) is 0 Å². The molecular formula is C6H4BClF2. The van der Waals surface area contributed by atoms with Crippen LogP contribution in [0.1, 0.15) is 0 Å². The molecule has 10 heavy (non-hydrogen) atoms. The number of halogens is 3. The molecule has 0 nitrogen and oxygen atoms in total. The van der Waals surface area contributed by atoms with E-state index in [9.17, 15) is 8.63 Å². The van der Waals surface area contributed by atoms with E-state index >= 15 is 0 Å². The Labute approximate surface area is 63.0 Å². The summed E-state index contributed by atoms with van der Waals surface area (Å²) in [6.07, 6.45) is 0. The van der Waals surface area contributed by atoms with Crippen LogP contribution in [0, 0.1) is 0 Å². The van der Waals surface area contributed by atoms with Crippen molar-refractivity contribution in [2.75, 3.05) is 0 Å². The minimum atomic E-state index is -2.41. The third-order valence-corrected chi connectivity index (χ3v) is 1.37. The molecule has 0 spiro atoms.